The monoisotopic (exact) mass is 212 g/mol. The largest absolute Gasteiger partial charge is 0.396 e. The average molecular weight is 212 g/mol. The second-order valence-corrected chi connectivity index (χ2v) is 3.30. The number of rotatable bonds is 9. The van der Waals surface area contributed by atoms with Gasteiger partial charge in [0, 0.05) is 13.2 Å². The molecule has 86 valence electrons. The fourth-order valence-corrected chi connectivity index (χ4v) is 1.13. The average Bonchev–Trinajstić information content (AvgIpc) is 2.23. The summed E-state index contributed by atoms with van der Waals surface area (Å²) in [4.78, 5) is 11.1. The van der Waals surface area contributed by atoms with Gasteiger partial charge in [0.1, 0.15) is 0 Å². The molecule has 0 unspecified atom stereocenters. The molecule has 0 bridgehead atoms. The highest BCUT2D eigenvalue weighted by Crippen LogP contribution is 1.97. The van der Waals surface area contributed by atoms with Crippen LogP contribution in [0, 0.1) is 12.3 Å². The lowest BCUT2D eigenvalue weighted by Gasteiger charge is -2.04. The molecule has 0 spiro atoms. The molecule has 0 fully saturated rings. The van der Waals surface area contributed by atoms with E-state index in [1.54, 1.807) is 0 Å². The predicted molar refractivity (Wildman–Crippen MR) is 60.3 cm³/mol. The lowest BCUT2D eigenvalue weighted by Crippen LogP contribution is -2.34. The van der Waals surface area contributed by atoms with E-state index in [4.69, 9.17) is 11.5 Å². The second-order valence-electron chi connectivity index (χ2n) is 3.30. The summed E-state index contributed by atoms with van der Waals surface area (Å²) >= 11 is 0. The van der Waals surface area contributed by atoms with Gasteiger partial charge < -0.3 is 10.4 Å². The van der Waals surface area contributed by atoms with E-state index in [1.807, 2.05) is 0 Å². The van der Waals surface area contributed by atoms with Crippen molar-refractivity contribution in [1.82, 2.24) is 10.6 Å². The minimum atomic E-state index is -0.0209. The zero-order valence-corrected chi connectivity index (χ0v) is 9.09. The fraction of sp³-hybridized carbons (Fsp3) is 0.727. The molecule has 1 amide bonds. The van der Waals surface area contributed by atoms with Crippen LogP contribution in [0.5, 0.6) is 0 Å². The van der Waals surface area contributed by atoms with Crippen LogP contribution in [0.1, 0.15) is 25.7 Å². The molecule has 4 nitrogen and oxygen atoms in total. The standard InChI is InChI=1S/C11H20N2O2/c1-2-7-12-10-11(15)13-8-5-3-4-6-9-14/h1,12,14H,3-10H2,(H,13,15). The molecule has 0 heterocycles. The summed E-state index contributed by atoms with van der Waals surface area (Å²) in [6, 6.07) is 0. The molecule has 0 saturated heterocycles. The smallest absolute Gasteiger partial charge is 0.233 e. The lowest BCUT2D eigenvalue weighted by atomic mass is 10.2. The van der Waals surface area contributed by atoms with Crippen molar-refractivity contribution < 1.29 is 9.90 Å². The first kappa shape index (κ1) is 13.9. The van der Waals surface area contributed by atoms with Crippen molar-refractivity contribution in [3.05, 3.63) is 0 Å². The Morgan fingerprint density at radius 3 is 2.67 bits per heavy atom. The molecule has 4 heteroatoms. The van der Waals surface area contributed by atoms with E-state index in [2.05, 4.69) is 16.6 Å². The number of hydrogen-bond donors (Lipinski definition) is 3. The first-order chi connectivity index (χ1) is 7.31. The van der Waals surface area contributed by atoms with Gasteiger partial charge in [0.05, 0.1) is 13.1 Å². The number of unbranched alkanes of at least 4 members (excludes halogenated alkanes) is 3. The van der Waals surface area contributed by atoms with Crippen molar-refractivity contribution in [1.29, 1.82) is 0 Å². The molecule has 3 N–H and O–H groups in total. The number of terminal acetylenes is 1. The zero-order valence-electron chi connectivity index (χ0n) is 9.09. The molecule has 0 saturated carbocycles. The van der Waals surface area contributed by atoms with E-state index in [9.17, 15) is 4.79 Å². The highest BCUT2D eigenvalue weighted by atomic mass is 16.2. The van der Waals surface area contributed by atoms with Crippen LogP contribution in [0.25, 0.3) is 0 Å². The number of carbonyl (C=O) groups is 1. The molecule has 0 rings (SSSR count). The second kappa shape index (κ2) is 11.0. The van der Waals surface area contributed by atoms with E-state index in [0.29, 0.717) is 13.1 Å². The Kier molecular flexibility index (Phi) is 10.3. The first-order valence-corrected chi connectivity index (χ1v) is 5.33. The SMILES string of the molecule is C#CCNCC(=O)NCCCCCCO. The van der Waals surface area contributed by atoms with Crippen LogP contribution in [-0.2, 0) is 4.79 Å². The zero-order chi connectivity index (χ0) is 11.4. The molecular formula is C11H20N2O2. The van der Waals surface area contributed by atoms with Gasteiger partial charge in [-0.15, -0.1) is 6.42 Å². The van der Waals surface area contributed by atoms with Gasteiger partial charge in [-0.1, -0.05) is 18.8 Å². The quantitative estimate of drug-likeness (QED) is 0.369. The molecule has 0 atom stereocenters. The van der Waals surface area contributed by atoms with Crippen LogP contribution in [-0.4, -0.2) is 37.3 Å². The highest BCUT2D eigenvalue weighted by molar-refractivity contribution is 5.77. The van der Waals surface area contributed by atoms with E-state index in [-0.39, 0.29) is 19.1 Å². The maximum Gasteiger partial charge on any atom is 0.233 e. The normalized spacial score (nSPS) is 9.60. The van der Waals surface area contributed by atoms with Crippen molar-refractivity contribution in [3.63, 3.8) is 0 Å². The molecule has 0 radical (unpaired) electrons. The van der Waals surface area contributed by atoms with Crippen LogP contribution in [0.4, 0.5) is 0 Å². The third kappa shape index (κ3) is 10.9. The van der Waals surface area contributed by atoms with Crippen LogP contribution < -0.4 is 10.6 Å². The molecular weight excluding hydrogens is 192 g/mol. The van der Waals surface area contributed by atoms with Crippen LogP contribution in [0.3, 0.4) is 0 Å². The Labute approximate surface area is 91.4 Å². The Bertz CT molecular complexity index is 199. The molecule has 0 aliphatic carbocycles. The summed E-state index contributed by atoms with van der Waals surface area (Å²) in [5.74, 6) is 2.38. The summed E-state index contributed by atoms with van der Waals surface area (Å²) in [6.45, 7) is 1.65. The third-order valence-electron chi connectivity index (χ3n) is 1.92. The maximum atomic E-state index is 11.1. The first-order valence-electron chi connectivity index (χ1n) is 5.33. The van der Waals surface area contributed by atoms with Crippen molar-refractivity contribution in [2.75, 3.05) is 26.2 Å². The minimum absolute atomic E-state index is 0.0209. The van der Waals surface area contributed by atoms with Crippen molar-refractivity contribution in [2.24, 2.45) is 0 Å². The van der Waals surface area contributed by atoms with Crippen LogP contribution >= 0.6 is 0 Å². The summed E-state index contributed by atoms with van der Waals surface area (Å²) in [7, 11) is 0. The van der Waals surface area contributed by atoms with Gasteiger partial charge in [-0.25, -0.2) is 0 Å². The summed E-state index contributed by atoms with van der Waals surface area (Å²) < 4.78 is 0. The third-order valence-corrected chi connectivity index (χ3v) is 1.92. The Morgan fingerprint density at radius 1 is 1.27 bits per heavy atom. The van der Waals surface area contributed by atoms with E-state index in [1.165, 1.54) is 0 Å². The van der Waals surface area contributed by atoms with Gasteiger partial charge in [0.25, 0.3) is 0 Å². The summed E-state index contributed by atoms with van der Waals surface area (Å²) in [6.07, 6.45) is 8.88. The van der Waals surface area contributed by atoms with Gasteiger partial charge in [0.2, 0.25) is 5.91 Å². The maximum absolute atomic E-state index is 11.1. The van der Waals surface area contributed by atoms with E-state index in [0.717, 1.165) is 25.7 Å². The van der Waals surface area contributed by atoms with Crippen LogP contribution in [0.15, 0.2) is 0 Å². The number of aliphatic hydroxyl groups is 1. The highest BCUT2D eigenvalue weighted by Gasteiger charge is 1.97. The van der Waals surface area contributed by atoms with Crippen LogP contribution in [0.2, 0.25) is 0 Å². The fourth-order valence-electron chi connectivity index (χ4n) is 1.13. The molecule has 0 aromatic carbocycles. The molecule has 0 aromatic heterocycles. The van der Waals surface area contributed by atoms with Crippen molar-refractivity contribution in [2.45, 2.75) is 25.7 Å². The number of amides is 1. The van der Waals surface area contributed by atoms with Gasteiger partial charge >= 0.3 is 0 Å². The topological polar surface area (TPSA) is 61.4 Å². The van der Waals surface area contributed by atoms with E-state index >= 15 is 0 Å². The Hall–Kier alpha value is -1.05. The molecule has 0 aliphatic rings. The van der Waals surface area contributed by atoms with Gasteiger partial charge in [-0.05, 0) is 12.8 Å². The molecule has 15 heavy (non-hydrogen) atoms. The van der Waals surface area contributed by atoms with Crippen molar-refractivity contribution >= 4 is 5.91 Å². The van der Waals surface area contributed by atoms with Gasteiger partial charge in [0.15, 0.2) is 0 Å². The summed E-state index contributed by atoms with van der Waals surface area (Å²) in [5, 5.41) is 14.1. The van der Waals surface area contributed by atoms with Gasteiger partial charge in [-0.2, -0.15) is 0 Å². The number of nitrogens with one attached hydrogen (secondary N) is 2. The Balaban J connectivity index is 3.14. The Morgan fingerprint density at radius 2 is 2.00 bits per heavy atom. The van der Waals surface area contributed by atoms with E-state index < -0.39 is 0 Å². The minimum Gasteiger partial charge on any atom is -0.396 e. The van der Waals surface area contributed by atoms with Crippen molar-refractivity contribution in [3.8, 4) is 12.3 Å². The number of carbonyl (C=O) groups excluding carboxylic acids is 1. The number of aliphatic hydroxyl groups excluding tert-OH is 1. The molecule has 0 aliphatic heterocycles. The predicted octanol–water partition coefficient (Wildman–Crippen LogP) is -0.122. The number of hydrogen-bond acceptors (Lipinski definition) is 3. The lowest BCUT2D eigenvalue weighted by molar-refractivity contribution is -0.120. The summed E-state index contributed by atoms with van der Waals surface area (Å²) in [5.41, 5.74) is 0. The molecule has 0 aromatic rings. The van der Waals surface area contributed by atoms with Gasteiger partial charge in [-0.3, -0.25) is 10.1 Å².